The smallest absolute Gasteiger partial charge is 0.318 e. The summed E-state index contributed by atoms with van der Waals surface area (Å²) < 4.78 is 7.49. The van der Waals surface area contributed by atoms with E-state index in [1.165, 1.54) is 11.3 Å². The second-order valence-corrected chi connectivity index (χ2v) is 13.3. The molecule has 1 unspecified atom stereocenters. The maximum Gasteiger partial charge on any atom is 0.318 e. The van der Waals surface area contributed by atoms with E-state index in [1.54, 1.807) is 4.68 Å². The second-order valence-electron chi connectivity index (χ2n) is 8.26. The molecule has 0 saturated heterocycles. The van der Waals surface area contributed by atoms with Crippen LogP contribution in [0.15, 0.2) is 36.4 Å². The topological polar surface area (TPSA) is 67.9 Å². The molecular weight excluding hydrogens is 378 g/mol. The van der Waals surface area contributed by atoms with Crippen LogP contribution in [0.4, 0.5) is 0 Å². The molecule has 2 aromatic rings. The lowest BCUT2D eigenvalue weighted by Crippen LogP contribution is -2.37. The van der Waals surface area contributed by atoms with E-state index in [4.69, 9.17) is 4.74 Å². The minimum Gasteiger partial charge on any atom is -0.423 e. The van der Waals surface area contributed by atoms with Crippen LogP contribution in [-0.4, -0.2) is 23.8 Å². The van der Waals surface area contributed by atoms with E-state index in [1.807, 2.05) is 38.1 Å². The fourth-order valence-corrected chi connectivity index (χ4v) is 4.47. The highest BCUT2D eigenvalue weighted by molar-refractivity contribution is 6.88. The number of nitriles is 1. The van der Waals surface area contributed by atoms with Crippen LogP contribution in [0.1, 0.15) is 49.6 Å². The molecule has 0 bridgehead atoms. The van der Waals surface area contributed by atoms with E-state index >= 15 is 0 Å². The molecule has 0 fully saturated rings. The molecule has 2 rings (SSSR count). The van der Waals surface area contributed by atoms with Gasteiger partial charge >= 0.3 is 5.97 Å². The van der Waals surface area contributed by atoms with E-state index < -0.39 is 8.07 Å². The van der Waals surface area contributed by atoms with Crippen LogP contribution in [0, 0.1) is 18.3 Å². The molecule has 0 saturated carbocycles. The molecular formula is C23H31N3O2Si. The molecule has 0 N–H and O–H groups in total. The van der Waals surface area contributed by atoms with Crippen LogP contribution in [0.25, 0.3) is 5.76 Å². The van der Waals surface area contributed by atoms with Crippen LogP contribution < -0.4 is 5.19 Å². The standard InChI is InChI=1S/C23H31N3O2Si/c1-7-9-20(18-10-12-19(13-11-18)29(4,5)6)23(27)28-22(14-15-24)21-16-17(3)25-26(21)8-2/h10-14,16,20H,7-9H2,1-6H3/b22-14+. The van der Waals surface area contributed by atoms with Gasteiger partial charge in [0, 0.05) is 6.54 Å². The van der Waals surface area contributed by atoms with Crippen molar-refractivity contribution in [2.45, 2.75) is 65.7 Å². The first-order valence-electron chi connectivity index (χ1n) is 10.2. The number of ether oxygens (including phenoxy) is 1. The molecule has 154 valence electrons. The lowest BCUT2D eigenvalue weighted by molar-refractivity contribution is -0.138. The zero-order chi connectivity index (χ0) is 21.6. The van der Waals surface area contributed by atoms with Gasteiger partial charge < -0.3 is 4.74 Å². The van der Waals surface area contributed by atoms with E-state index in [9.17, 15) is 10.1 Å². The molecule has 1 aromatic heterocycles. The summed E-state index contributed by atoms with van der Waals surface area (Å²) in [6, 6.07) is 12.2. The predicted octanol–water partition coefficient (Wildman–Crippen LogP) is 4.75. The van der Waals surface area contributed by atoms with Gasteiger partial charge in [-0.1, -0.05) is 62.4 Å². The fraction of sp³-hybridized carbons (Fsp3) is 0.435. The summed E-state index contributed by atoms with van der Waals surface area (Å²) in [4.78, 5) is 13.1. The molecule has 0 radical (unpaired) electrons. The normalized spacial score (nSPS) is 13.1. The Bertz CT molecular complexity index is 915. The Kier molecular flexibility index (Phi) is 7.57. The van der Waals surface area contributed by atoms with Gasteiger partial charge in [0.05, 0.1) is 31.8 Å². The van der Waals surface area contributed by atoms with Gasteiger partial charge in [0.25, 0.3) is 0 Å². The van der Waals surface area contributed by atoms with Crippen molar-refractivity contribution in [1.29, 1.82) is 5.26 Å². The number of hydrogen-bond acceptors (Lipinski definition) is 4. The number of nitrogens with zero attached hydrogens (tertiary/aromatic N) is 3. The largest absolute Gasteiger partial charge is 0.423 e. The lowest BCUT2D eigenvalue weighted by atomic mass is 9.94. The lowest BCUT2D eigenvalue weighted by Gasteiger charge is -2.20. The summed E-state index contributed by atoms with van der Waals surface area (Å²) >= 11 is 0. The summed E-state index contributed by atoms with van der Waals surface area (Å²) in [6.07, 6.45) is 2.83. The Morgan fingerprint density at radius 1 is 1.28 bits per heavy atom. The summed E-state index contributed by atoms with van der Waals surface area (Å²) in [7, 11) is -1.40. The number of benzene rings is 1. The fourth-order valence-electron chi connectivity index (χ4n) is 3.30. The molecule has 0 spiro atoms. The van der Waals surface area contributed by atoms with E-state index in [0.29, 0.717) is 18.7 Å². The van der Waals surface area contributed by atoms with Crippen molar-refractivity contribution in [3.8, 4) is 6.07 Å². The van der Waals surface area contributed by atoms with Crippen molar-refractivity contribution in [3.05, 3.63) is 53.4 Å². The summed E-state index contributed by atoms with van der Waals surface area (Å²) in [6.45, 7) is 13.4. The number of carbonyl (C=O) groups excluding carboxylic acids is 1. The van der Waals surface area contributed by atoms with Gasteiger partial charge in [-0.25, -0.2) is 0 Å². The van der Waals surface area contributed by atoms with Crippen LogP contribution in [0.2, 0.25) is 19.6 Å². The number of allylic oxidation sites excluding steroid dienone is 1. The Labute approximate surface area is 175 Å². The molecule has 0 aliphatic carbocycles. The molecule has 0 amide bonds. The molecule has 6 heteroatoms. The number of esters is 1. The monoisotopic (exact) mass is 409 g/mol. The average Bonchev–Trinajstić information content (AvgIpc) is 3.06. The molecule has 1 atom stereocenters. The van der Waals surface area contributed by atoms with Gasteiger partial charge in [0.15, 0.2) is 5.76 Å². The number of aryl methyl sites for hydroxylation is 2. The molecule has 29 heavy (non-hydrogen) atoms. The maximum atomic E-state index is 13.1. The summed E-state index contributed by atoms with van der Waals surface area (Å²) in [5, 5.41) is 15.0. The number of aromatic nitrogens is 2. The minimum atomic E-state index is -1.40. The van der Waals surface area contributed by atoms with Gasteiger partial charge in [-0.05, 0) is 31.9 Å². The highest BCUT2D eigenvalue weighted by atomic mass is 28.3. The number of hydrogen-bond donors (Lipinski definition) is 0. The first kappa shape index (κ1) is 22.6. The van der Waals surface area contributed by atoms with Crippen molar-refractivity contribution in [2.75, 3.05) is 0 Å². The second kappa shape index (κ2) is 9.70. The first-order chi connectivity index (χ1) is 13.7. The SMILES string of the molecule is CCCC(C(=O)O/C(=C/C#N)c1cc(C)nn1CC)c1ccc([Si](C)(C)C)cc1. The van der Waals surface area contributed by atoms with Gasteiger partial charge in [-0.2, -0.15) is 10.4 Å². The average molecular weight is 410 g/mol. The number of carbonyl (C=O) groups is 1. The van der Waals surface area contributed by atoms with Crippen molar-refractivity contribution in [1.82, 2.24) is 9.78 Å². The van der Waals surface area contributed by atoms with Crippen molar-refractivity contribution in [3.63, 3.8) is 0 Å². The Hall–Kier alpha value is -2.65. The van der Waals surface area contributed by atoms with Crippen molar-refractivity contribution < 1.29 is 9.53 Å². The molecule has 0 aliphatic heterocycles. The molecule has 1 heterocycles. The van der Waals surface area contributed by atoms with E-state index in [0.717, 1.165) is 17.7 Å². The maximum absolute atomic E-state index is 13.1. The van der Waals surface area contributed by atoms with Gasteiger partial charge in [0.2, 0.25) is 0 Å². The van der Waals surface area contributed by atoms with E-state index in [2.05, 4.69) is 43.8 Å². The predicted molar refractivity (Wildman–Crippen MR) is 119 cm³/mol. The number of rotatable bonds is 8. The van der Waals surface area contributed by atoms with Crippen molar-refractivity contribution in [2.24, 2.45) is 0 Å². The zero-order valence-electron chi connectivity index (χ0n) is 18.3. The molecule has 0 aliphatic rings. The van der Waals surface area contributed by atoms with Gasteiger partial charge in [-0.3, -0.25) is 9.48 Å². The van der Waals surface area contributed by atoms with Crippen LogP contribution in [0.5, 0.6) is 0 Å². The van der Waals surface area contributed by atoms with Crippen LogP contribution in [0.3, 0.4) is 0 Å². The van der Waals surface area contributed by atoms with E-state index in [-0.39, 0.29) is 17.6 Å². The van der Waals surface area contributed by atoms with Gasteiger partial charge in [0.1, 0.15) is 5.69 Å². The Morgan fingerprint density at radius 2 is 1.93 bits per heavy atom. The first-order valence-corrected chi connectivity index (χ1v) is 13.7. The third-order valence-electron chi connectivity index (χ3n) is 4.90. The third kappa shape index (κ3) is 5.67. The summed E-state index contributed by atoms with van der Waals surface area (Å²) in [5.41, 5.74) is 2.41. The van der Waals surface area contributed by atoms with Gasteiger partial charge in [-0.15, -0.1) is 0 Å². The van der Waals surface area contributed by atoms with Crippen LogP contribution >= 0.6 is 0 Å². The quantitative estimate of drug-likeness (QED) is 0.273. The Balaban J connectivity index is 2.32. The zero-order valence-corrected chi connectivity index (χ0v) is 19.3. The summed E-state index contributed by atoms with van der Waals surface area (Å²) in [5.74, 6) is -0.452. The van der Waals surface area contributed by atoms with Crippen LogP contribution in [-0.2, 0) is 16.1 Å². The Morgan fingerprint density at radius 3 is 2.45 bits per heavy atom. The third-order valence-corrected chi connectivity index (χ3v) is 6.97. The van der Waals surface area contributed by atoms with Crippen molar-refractivity contribution >= 4 is 25.0 Å². The highest BCUT2D eigenvalue weighted by Crippen LogP contribution is 2.27. The highest BCUT2D eigenvalue weighted by Gasteiger charge is 2.25. The molecule has 5 nitrogen and oxygen atoms in total. The molecule has 1 aromatic carbocycles. The minimum absolute atomic E-state index is 0.250.